The smallest absolute Gasteiger partial charge is 0.187 e. The molecule has 0 aliphatic rings. The molecular formula is C13H10BrClN6. The molecule has 6 nitrogen and oxygen atoms in total. The number of nitrogen functional groups attached to an aromatic ring is 2. The first kappa shape index (κ1) is 13.8. The molecule has 21 heavy (non-hydrogen) atoms. The minimum Gasteiger partial charge on any atom is -0.399 e. The molecule has 1 aromatic heterocycles. The van der Waals surface area contributed by atoms with Crippen molar-refractivity contribution < 1.29 is 0 Å². The van der Waals surface area contributed by atoms with Crippen LogP contribution < -0.4 is 11.5 Å². The second-order valence-electron chi connectivity index (χ2n) is 4.40. The third-order valence-corrected chi connectivity index (χ3v) is 3.65. The van der Waals surface area contributed by atoms with Crippen LogP contribution in [0.1, 0.15) is 0 Å². The third-order valence-electron chi connectivity index (χ3n) is 2.84. The Morgan fingerprint density at radius 2 is 1.76 bits per heavy atom. The van der Waals surface area contributed by atoms with Crippen molar-refractivity contribution in [1.29, 1.82) is 0 Å². The van der Waals surface area contributed by atoms with Crippen LogP contribution in [0.15, 0.2) is 40.9 Å². The number of rotatable bonds is 2. The Morgan fingerprint density at radius 1 is 1.05 bits per heavy atom. The summed E-state index contributed by atoms with van der Waals surface area (Å²) in [6, 6.07) is 10.6. The predicted octanol–water partition coefficient (Wildman–Crippen LogP) is 2.91. The summed E-state index contributed by atoms with van der Waals surface area (Å²) in [7, 11) is 0. The average Bonchev–Trinajstić information content (AvgIpc) is 2.89. The number of benzene rings is 2. The number of anilines is 2. The van der Waals surface area contributed by atoms with Crippen LogP contribution in [0.2, 0.25) is 5.02 Å². The maximum absolute atomic E-state index is 6.22. The Labute approximate surface area is 133 Å². The van der Waals surface area contributed by atoms with Crippen molar-refractivity contribution in [2.45, 2.75) is 0 Å². The minimum absolute atomic E-state index is 0.508. The van der Waals surface area contributed by atoms with E-state index in [0.29, 0.717) is 33.5 Å². The largest absolute Gasteiger partial charge is 0.399 e. The number of nitrogens with two attached hydrogens (primary N) is 2. The average molecular weight is 366 g/mol. The molecular weight excluding hydrogens is 356 g/mol. The van der Waals surface area contributed by atoms with Gasteiger partial charge in [-0.1, -0.05) is 27.5 Å². The lowest BCUT2D eigenvalue weighted by Crippen LogP contribution is -2.02. The Kier molecular flexibility index (Phi) is 3.52. The number of aromatic nitrogens is 4. The highest BCUT2D eigenvalue weighted by atomic mass is 79.9. The molecule has 1 heterocycles. The zero-order valence-corrected chi connectivity index (χ0v) is 13.0. The quantitative estimate of drug-likeness (QED) is 0.681. The van der Waals surface area contributed by atoms with Gasteiger partial charge in [0.15, 0.2) is 5.82 Å². The Morgan fingerprint density at radius 3 is 2.48 bits per heavy atom. The molecule has 8 heteroatoms. The molecule has 0 aliphatic carbocycles. The summed E-state index contributed by atoms with van der Waals surface area (Å²) in [6.45, 7) is 0. The van der Waals surface area contributed by atoms with E-state index < -0.39 is 0 Å². The molecule has 0 unspecified atom stereocenters. The van der Waals surface area contributed by atoms with Crippen molar-refractivity contribution in [3.8, 4) is 17.1 Å². The highest BCUT2D eigenvalue weighted by Gasteiger charge is 2.14. The van der Waals surface area contributed by atoms with E-state index >= 15 is 0 Å². The van der Waals surface area contributed by atoms with E-state index in [2.05, 4.69) is 31.5 Å². The van der Waals surface area contributed by atoms with Gasteiger partial charge in [0.05, 0.1) is 10.7 Å². The number of tetrazole rings is 1. The van der Waals surface area contributed by atoms with Gasteiger partial charge in [0.25, 0.3) is 0 Å². The molecule has 0 spiro atoms. The van der Waals surface area contributed by atoms with Crippen LogP contribution in [0.5, 0.6) is 0 Å². The first-order valence-electron chi connectivity index (χ1n) is 5.95. The summed E-state index contributed by atoms with van der Waals surface area (Å²) < 4.78 is 2.41. The monoisotopic (exact) mass is 364 g/mol. The zero-order chi connectivity index (χ0) is 15.0. The van der Waals surface area contributed by atoms with E-state index in [1.165, 1.54) is 0 Å². The van der Waals surface area contributed by atoms with Crippen LogP contribution in [0.3, 0.4) is 0 Å². The normalized spacial score (nSPS) is 10.8. The first-order valence-corrected chi connectivity index (χ1v) is 7.12. The summed E-state index contributed by atoms with van der Waals surface area (Å²) in [5, 5.41) is 12.3. The topological polar surface area (TPSA) is 95.6 Å². The highest BCUT2D eigenvalue weighted by molar-refractivity contribution is 9.10. The van der Waals surface area contributed by atoms with Crippen LogP contribution in [-0.4, -0.2) is 20.2 Å². The number of hydrogen-bond acceptors (Lipinski definition) is 5. The van der Waals surface area contributed by atoms with E-state index in [4.69, 9.17) is 23.1 Å². The SMILES string of the molecule is Nc1cc(N)cc(-c2nnnn2-c2cc(Br)ccc2Cl)c1. The van der Waals surface area contributed by atoms with E-state index in [9.17, 15) is 0 Å². The fraction of sp³-hybridized carbons (Fsp3) is 0. The van der Waals surface area contributed by atoms with E-state index in [0.717, 1.165) is 4.47 Å². The second-order valence-corrected chi connectivity index (χ2v) is 5.72. The van der Waals surface area contributed by atoms with E-state index in [1.54, 1.807) is 28.9 Å². The molecule has 106 valence electrons. The molecule has 0 aliphatic heterocycles. The molecule has 0 saturated carbocycles. The van der Waals surface area contributed by atoms with Gasteiger partial charge in [-0.05, 0) is 46.8 Å². The van der Waals surface area contributed by atoms with Gasteiger partial charge in [-0.3, -0.25) is 0 Å². The predicted molar refractivity (Wildman–Crippen MR) is 86.1 cm³/mol. The molecule has 0 bridgehead atoms. The fourth-order valence-electron chi connectivity index (χ4n) is 1.98. The lowest BCUT2D eigenvalue weighted by atomic mass is 10.1. The molecule has 4 N–H and O–H groups in total. The van der Waals surface area contributed by atoms with Crippen molar-refractivity contribution in [1.82, 2.24) is 20.2 Å². The summed E-state index contributed by atoms with van der Waals surface area (Å²) in [6.07, 6.45) is 0. The standard InChI is InChI=1S/C13H10BrClN6/c14-8-1-2-11(15)12(5-8)21-13(18-19-20-21)7-3-9(16)6-10(17)4-7/h1-6H,16-17H2. The van der Waals surface area contributed by atoms with Gasteiger partial charge in [0.1, 0.15) is 0 Å². The molecule has 0 saturated heterocycles. The van der Waals surface area contributed by atoms with Crippen molar-refractivity contribution >= 4 is 38.9 Å². The molecule has 2 aromatic carbocycles. The Hall–Kier alpha value is -2.12. The van der Waals surface area contributed by atoms with Crippen LogP contribution in [-0.2, 0) is 0 Å². The van der Waals surface area contributed by atoms with Crippen molar-refractivity contribution in [2.24, 2.45) is 0 Å². The molecule has 0 radical (unpaired) electrons. The highest BCUT2D eigenvalue weighted by Crippen LogP contribution is 2.29. The number of hydrogen-bond donors (Lipinski definition) is 2. The lowest BCUT2D eigenvalue weighted by Gasteiger charge is -2.08. The summed E-state index contributed by atoms with van der Waals surface area (Å²) in [4.78, 5) is 0. The molecule has 3 rings (SSSR count). The fourth-order valence-corrected chi connectivity index (χ4v) is 2.53. The number of nitrogens with zero attached hydrogens (tertiary/aromatic N) is 4. The molecule has 0 atom stereocenters. The maximum Gasteiger partial charge on any atom is 0.187 e. The zero-order valence-electron chi connectivity index (χ0n) is 10.7. The van der Waals surface area contributed by atoms with E-state index in [1.807, 2.05) is 12.1 Å². The summed E-state index contributed by atoms with van der Waals surface area (Å²) in [5.74, 6) is 0.508. The van der Waals surface area contributed by atoms with Gasteiger partial charge in [0.2, 0.25) is 0 Å². The maximum atomic E-state index is 6.22. The van der Waals surface area contributed by atoms with Crippen molar-refractivity contribution in [3.05, 3.63) is 45.9 Å². The van der Waals surface area contributed by atoms with Gasteiger partial charge in [-0.15, -0.1) is 5.10 Å². The Balaban J connectivity index is 2.19. The minimum atomic E-state index is 0.508. The van der Waals surface area contributed by atoms with Crippen LogP contribution in [0.4, 0.5) is 11.4 Å². The van der Waals surface area contributed by atoms with Crippen molar-refractivity contribution in [2.75, 3.05) is 11.5 Å². The van der Waals surface area contributed by atoms with Gasteiger partial charge in [0, 0.05) is 21.4 Å². The van der Waals surface area contributed by atoms with Crippen LogP contribution in [0, 0.1) is 0 Å². The van der Waals surface area contributed by atoms with Crippen molar-refractivity contribution in [3.63, 3.8) is 0 Å². The Bertz CT molecular complexity index is 796. The van der Waals surface area contributed by atoms with Gasteiger partial charge < -0.3 is 11.5 Å². The summed E-state index contributed by atoms with van der Waals surface area (Å²) >= 11 is 9.63. The van der Waals surface area contributed by atoms with Crippen LogP contribution >= 0.6 is 27.5 Å². The molecule has 0 amide bonds. The van der Waals surface area contributed by atoms with Gasteiger partial charge in [-0.2, -0.15) is 4.68 Å². The second kappa shape index (κ2) is 5.34. The lowest BCUT2D eigenvalue weighted by molar-refractivity contribution is 0.791. The third kappa shape index (κ3) is 2.70. The van der Waals surface area contributed by atoms with Gasteiger partial charge in [-0.25, -0.2) is 0 Å². The van der Waals surface area contributed by atoms with Crippen LogP contribution in [0.25, 0.3) is 17.1 Å². The van der Waals surface area contributed by atoms with E-state index in [-0.39, 0.29) is 0 Å². The van der Waals surface area contributed by atoms with Gasteiger partial charge >= 0.3 is 0 Å². The number of halogens is 2. The molecule has 3 aromatic rings. The molecule has 0 fully saturated rings. The summed E-state index contributed by atoms with van der Waals surface area (Å²) in [5.41, 5.74) is 14.1. The first-order chi connectivity index (χ1) is 10.0.